The summed E-state index contributed by atoms with van der Waals surface area (Å²) < 4.78 is 9.79. The molecular formula is C18H27N3O6. The molecule has 0 aromatic carbocycles. The van der Waals surface area contributed by atoms with E-state index < -0.39 is 18.1 Å². The molecule has 0 spiro atoms. The van der Waals surface area contributed by atoms with Gasteiger partial charge < -0.3 is 19.3 Å². The summed E-state index contributed by atoms with van der Waals surface area (Å²) in [5.41, 5.74) is 0. The van der Waals surface area contributed by atoms with Gasteiger partial charge in [0.15, 0.2) is 6.04 Å². The molecular weight excluding hydrogens is 354 g/mol. The third-order valence-corrected chi connectivity index (χ3v) is 5.84. The maximum atomic E-state index is 12.8. The first kappa shape index (κ1) is 19.4. The molecule has 0 aliphatic carbocycles. The molecule has 3 aliphatic heterocycles. The fraction of sp³-hybridized carbons (Fsp3) is 0.778. The summed E-state index contributed by atoms with van der Waals surface area (Å²) in [5, 5.41) is 0. The predicted molar refractivity (Wildman–Crippen MR) is 93.6 cm³/mol. The first-order valence-corrected chi connectivity index (χ1v) is 9.49. The highest BCUT2D eigenvalue weighted by Gasteiger charge is 2.44. The molecule has 0 radical (unpaired) electrons. The summed E-state index contributed by atoms with van der Waals surface area (Å²) in [5.74, 6) is -0.335. The molecule has 3 heterocycles. The molecule has 3 amide bonds. The summed E-state index contributed by atoms with van der Waals surface area (Å²) in [6.45, 7) is 3.92. The maximum Gasteiger partial charge on any atom is 0.410 e. The van der Waals surface area contributed by atoms with Crippen molar-refractivity contribution >= 4 is 23.9 Å². The Hall–Kier alpha value is -2.32. The van der Waals surface area contributed by atoms with Crippen molar-refractivity contribution in [1.29, 1.82) is 0 Å². The molecule has 3 rings (SSSR count). The highest BCUT2D eigenvalue weighted by molar-refractivity contribution is 5.84. The summed E-state index contributed by atoms with van der Waals surface area (Å²) in [6, 6.07) is -0.835. The Balaban J connectivity index is 1.53. The molecule has 3 fully saturated rings. The van der Waals surface area contributed by atoms with Gasteiger partial charge in [-0.15, -0.1) is 0 Å². The van der Waals surface area contributed by atoms with E-state index in [1.54, 1.807) is 11.8 Å². The van der Waals surface area contributed by atoms with Gasteiger partial charge in [-0.2, -0.15) is 0 Å². The lowest BCUT2D eigenvalue weighted by atomic mass is 9.93. The molecule has 0 aromatic rings. The number of amides is 3. The molecule has 27 heavy (non-hydrogen) atoms. The van der Waals surface area contributed by atoms with Crippen LogP contribution in [0.1, 0.15) is 32.6 Å². The number of methoxy groups -OCH3 is 1. The van der Waals surface area contributed by atoms with Gasteiger partial charge in [0.1, 0.15) is 6.61 Å². The van der Waals surface area contributed by atoms with Gasteiger partial charge in [0, 0.05) is 45.1 Å². The van der Waals surface area contributed by atoms with E-state index >= 15 is 0 Å². The monoisotopic (exact) mass is 381 g/mol. The Labute approximate surface area is 158 Å². The van der Waals surface area contributed by atoms with Crippen LogP contribution in [-0.4, -0.2) is 90.6 Å². The lowest BCUT2D eigenvalue weighted by Gasteiger charge is -2.39. The van der Waals surface area contributed by atoms with Crippen LogP contribution in [0.4, 0.5) is 4.79 Å². The van der Waals surface area contributed by atoms with Gasteiger partial charge in [-0.1, -0.05) is 0 Å². The Morgan fingerprint density at radius 3 is 2.15 bits per heavy atom. The van der Waals surface area contributed by atoms with E-state index in [0.717, 1.165) is 0 Å². The van der Waals surface area contributed by atoms with Crippen molar-refractivity contribution in [3.63, 3.8) is 0 Å². The minimum atomic E-state index is -0.703. The summed E-state index contributed by atoms with van der Waals surface area (Å²) in [7, 11) is 1.29. The highest BCUT2D eigenvalue weighted by atomic mass is 16.6. The molecule has 0 saturated carbocycles. The number of likely N-dealkylation sites (tertiary alicyclic amines) is 2. The minimum absolute atomic E-state index is 0.0133. The van der Waals surface area contributed by atoms with Crippen LogP contribution in [0.25, 0.3) is 0 Å². The average molecular weight is 381 g/mol. The number of carbonyl (C=O) groups excluding carboxylic acids is 4. The molecule has 9 nitrogen and oxygen atoms in total. The van der Waals surface area contributed by atoms with Crippen LogP contribution in [0.3, 0.4) is 0 Å². The Bertz CT molecular complexity index is 608. The van der Waals surface area contributed by atoms with Crippen molar-refractivity contribution in [2.24, 2.45) is 5.92 Å². The highest BCUT2D eigenvalue weighted by Crippen LogP contribution is 2.27. The smallest absolute Gasteiger partial charge is 0.410 e. The minimum Gasteiger partial charge on any atom is -0.467 e. The zero-order valence-electron chi connectivity index (χ0n) is 15.9. The molecule has 1 atom stereocenters. The number of carbonyl (C=O) groups is 4. The summed E-state index contributed by atoms with van der Waals surface area (Å²) in [6.07, 6.45) is 2.12. The van der Waals surface area contributed by atoms with Crippen molar-refractivity contribution < 1.29 is 28.7 Å². The lowest BCUT2D eigenvalue weighted by Crippen LogP contribution is -2.53. The zero-order valence-corrected chi connectivity index (χ0v) is 15.9. The van der Waals surface area contributed by atoms with Crippen LogP contribution in [-0.2, 0) is 23.9 Å². The Morgan fingerprint density at radius 2 is 1.59 bits per heavy atom. The van der Waals surface area contributed by atoms with E-state index in [-0.39, 0.29) is 30.4 Å². The molecule has 150 valence electrons. The van der Waals surface area contributed by atoms with E-state index in [0.29, 0.717) is 51.9 Å². The summed E-state index contributed by atoms with van der Waals surface area (Å²) in [4.78, 5) is 53.2. The fourth-order valence-corrected chi connectivity index (χ4v) is 4.22. The number of piperidine rings is 2. The molecule has 0 unspecified atom stereocenters. The Morgan fingerprint density at radius 1 is 1.00 bits per heavy atom. The zero-order chi connectivity index (χ0) is 19.6. The SMILES string of the molecule is COC(=O)[C@H]1COC(=O)N1C1CCN(C(=O)C2CCN(C(C)=O)CC2)CC1. The van der Waals surface area contributed by atoms with E-state index in [1.165, 1.54) is 12.0 Å². The van der Waals surface area contributed by atoms with Gasteiger partial charge in [-0.05, 0) is 25.7 Å². The normalized spacial score (nSPS) is 24.7. The second-order valence-electron chi connectivity index (χ2n) is 7.36. The number of ether oxygens (including phenoxy) is 2. The second kappa shape index (κ2) is 8.14. The predicted octanol–water partition coefficient (Wildman–Crippen LogP) is 0.230. The third-order valence-electron chi connectivity index (χ3n) is 5.84. The molecule has 0 aromatic heterocycles. The summed E-state index contributed by atoms with van der Waals surface area (Å²) >= 11 is 0. The van der Waals surface area contributed by atoms with E-state index in [4.69, 9.17) is 9.47 Å². The lowest BCUT2D eigenvalue weighted by molar-refractivity contribution is -0.147. The van der Waals surface area contributed by atoms with E-state index in [2.05, 4.69) is 0 Å². The first-order valence-electron chi connectivity index (χ1n) is 9.49. The van der Waals surface area contributed by atoms with Crippen molar-refractivity contribution in [1.82, 2.24) is 14.7 Å². The van der Waals surface area contributed by atoms with Crippen molar-refractivity contribution in [3.8, 4) is 0 Å². The number of nitrogens with zero attached hydrogens (tertiary/aromatic N) is 3. The quantitative estimate of drug-likeness (QED) is 0.650. The standard InChI is InChI=1S/C18H27N3O6/c1-12(22)19-7-3-13(4-8-19)16(23)20-9-5-14(6-10-20)21-15(17(24)26-2)11-27-18(21)25/h13-15H,3-11H2,1-2H3/t15-/m1/s1. The Kier molecular flexibility index (Phi) is 5.86. The van der Waals surface area contributed by atoms with Gasteiger partial charge in [-0.25, -0.2) is 9.59 Å². The molecule has 0 bridgehead atoms. The topological polar surface area (TPSA) is 96.5 Å². The van der Waals surface area contributed by atoms with Gasteiger partial charge >= 0.3 is 12.1 Å². The van der Waals surface area contributed by atoms with Crippen LogP contribution >= 0.6 is 0 Å². The van der Waals surface area contributed by atoms with E-state index in [9.17, 15) is 19.2 Å². The van der Waals surface area contributed by atoms with Gasteiger partial charge in [0.2, 0.25) is 11.8 Å². The number of cyclic esters (lactones) is 1. The fourth-order valence-electron chi connectivity index (χ4n) is 4.22. The van der Waals surface area contributed by atoms with E-state index in [1.807, 2.05) is 4.90 Å². The van der Waals surface area contributed by atoms with Gasteiger partial charge in [-0.3, -0.25) is 14.5 Å². The molecule has 0 N–H and O–H groups in total. The maximum absolute atomic E-state index is 12.8. The van der Waals surface area contributed by atoms with Crippen molar-refractivity contribution in [2.45, 2.75) is 44.7 Å². The van der Waals surface area contributed by atoms with Crippen LogP contribution in [0.5, 0.6) is 0 Å². The van der Waals surface area contributed by atoms with Crippen LogP contribution in [0, 0.1) is 5.92 Å². The largest absolute Gasteiger partial charge is 0.467 e. The number of hydrogen-bond donors (Lipinski definition) is 0. The van der Waals surface area contributed by atoms with Crippen molar-refractivity contribution in [2.75, 3.05) is 39.9 Å². The van der Waals surface area contributed by atoms with Crippen LogP contribution < -0.4 is 0 Å². The number of hydrogen-bond acceptors (Lipinski definition) is 6. The molecule has 9 heteroatoms. The van der Waals surface area contributed by atoms with Gasteiger partial charge in [0.25, 0.3) is 0 Å². The van der Waals surface area contributed by atoms with Crippen molar-refractivity contribution in [3.05, 3.63) is 0 Å². The van der Waals surface area contributed by atoms with Crippen LogP contribution in [0.15, 0.2) is 0 Å². The van der Waals surface area contributed by atoms with Crippen LogP contribution in [0.2, 0.25) is 0 Å². The molecule has 3 aliphatic rings. The van der Waals surface area contributed by atoms with Gasteiger partial charge in [0.05, 0.1) is 7.11 Å². The number of rotatable bonds is 3. The first-order chi connectivity index (χ1) is 12.9. The molecule has 3 saturated heterocycles. The average Bonchev–Trinajstić information content (AvgIpc) is 3.08. The second-order valence-corrected chi connectivity index (χ2v) is 7.36. The third kappa shape index (κ3) is 4.01. The number of esters is 1.